The third-order valence-corrected chi connectivity index (χ3v) is 4.76. The van der Waals surface area contributed by atoms with Gasteiger partial charge >= 0.3 is 0 Å². The van der Waals surface area contributed by atoms with Gasteiger partial charge < -0.3 is 9.64 Å². The summed E-state index contributed by atoms with van der Waals surface area (Å²) in [6.45, 7) is 0.374. The predicted octanol–water partition coefficient (Wildman–Crippen LogP) is 4.86. The molecule has 0 saturated heterocycles. The number of anilines is 1. The summed E-state index contributed by atoms with van der Waals surface area (Å²) in [5.74, 6) is 0.191. The summed E-state index contributed by atoms with van der Waals surface area (Å²) in [6.07, 6.45) is 1.61. The van der Waals surface area contributed by atoms with Crippen LogP contribution in [0.2, 0.25) is 0 Å². The molecule has 3 rings (SSSR count). The second-order valence-electron chi connectivity index (χ2n) is 6.60. The van der Waals surface area contributed by atoms with Crippen molar-refractivity contribution in [3.63, 3.8) is 0 Å². The van der Waals surface area contributed by atoms with Gasteiger partial charge in [0, 0.05) is 24.3 Å². The van der Waals surface area contributed by atoms with Crippen LogP contribution >= 0.6 is 15.9 Å². The Balaban J connectivity index is 1.62. The molecule has 1 amide bonds. The number of hydrazone groups is 1. The first-order chi connectivity index (χ1) is 14.0. The molecule has 0 aliphatic carbocycles. The Kier molecular flexibility index (Phi) is 7.03. The fourth-order valence-corrected chi connectivity index (χ4v) is 2.87. The minimum atomic E-state index is -0.322. The molecule has 5 nitrogen and oxygen atoms in total. The summed E-state index contributed by atoms with van der Waals surface area (Å²) >= 11 is 3.41. The van der Waals surface area contributed by atoms with Gasteiger partial charge in [0.05, 0.1) is 11.8 Å². The molecule has 1 N–H and O–H groups in total. The molecule has 0 aliphatic heterocycles. The topological polar surface area (TPSA) is 53.9 Å². The standard InChI is InChI=1S/C23H22BrN3O2/c1-27(2)20-13-9-17(10-14-20)15-25-26-23(28)21-5-3-4-6-22(21)29-16-18-7-11-19(24)12-8-18/h3-15H,16H2,1-2H3,(H,26,28). The number of rotatable bonds is 7. The molecule has 0 atom stereocenters. The Morgan fingerprint density at radius 3 is 2.41 bits per heavy atom. The average molecular weight is 452 g/mol. The van der Waals surface area contributed by atoms with Crippen molar-refractivity contribution in [2.45, 2.75) is 6.61 Å². The van der Waals surface area contributed by atoms with E-state index < -0.39 is 0 Å². The first kappa shape index (κ1) is 20.6. The molecule has 0 spiro atoms. The predicted molar refractivity (Wildman–Crippen MR) is 121 cm³/mol. The van der Waals surface area contributed by atoms with Gasteiger partial charge in [-0.2, -0.15) is 5.10 Å². The highest BCUT2D eigenvalue weighted by molar-refractivity contribution is 9.10. The molecule has 3 aromatic rings. The lowest BCUT2D eigenvalue weighted by molar-refractivity contribution is 0.0950. The number of benzene rings is 3. The van der Waals surface area contributed by atoms with Crippen molar-refractivity contribution in [2.24, 2.45) is 5.10 Å². The minimum absolute atomic E-state index is 0.322. The highest BCUT2D eigenvalue weighted by atomic mass is 79.9. The summed E-state index contributed by atoms with van der Waals surface area (Å²) in [4.78, 5) is 14.6. The number of para-hydroxylation sites is 1. The van der Waals surface area contributed by atoms with Gasteiger partial charge in [0.15, 0.2) is 0 Å². The molecule has 0 saturated carbocycles. The van der Waals surface area contributed by atoms with E-state index >= 15 is 0 Å². The van der Waals surface area contributed by atoms with Crippen LogP contribution < -0.4 is 15.1 Å². The number of hydrogen-bond acceptors (Lipinski definition) is 4. The Bertz CT molecular complexity index is 984. The van der Waals surface area contributed by atoms with E-state index in [9.17, 15) is 4.79 Å². The minimum Gasteiger partial charge on any atom is -0.488 e. The number of ether oxygens (including phenoxy) is 1. The van der Waals surface area contributed by atoms with Crippen LogP contribution in [0.25, 0.3) is 0 Å². The van der Waals surface area contributed by atoms with E-state index in [1.165, 1.54) is 0 Å². The quantitative estimate of drug-likeness (QED) is 0.412. The largest absolute Gasteiger partial charge is 0.488 e. The van der Waals surface area contributed by atoms with Gasteiger partial charge in [-0.15, -0.1) is 0 Å². The van der Waals surface area contributed by atoms with Crippen molar-refractivity contribution in [3.8, 4) is 5.75 Å². The monoisotopic (exact) mass is 451 g/mol. The molecule has 29 heavy (non-hydrogen) atoms. The highest BCUT2D eigenvalue weighted by Gasteiger charge is 2.11. The van der Waals surface area contributed by atoms with E-state index in [2.05, 4.69) is 26.5 Å². The molecule has 0 radical (unpaired) electrons. The third kappa shape index (κ3) is 5.93. The molecule has 0 fully saturated rings. The van der Waals surface area contributed by atoms with E-state index in [4.69, 9.17) is 4.74 Å². The van der Waals surface area contributed by atoms with Gasteiger partial charge in [-0.3, -0.25) is 4.79 Å². The highest BCUT2D eigenvalue weighted by Crippen LogP contribution is 2.20. The summed E-state index contributed by atoms with van der Waals surface area (Å²) < 4.78 is 6.86. The number of halogens is 1. The number of amides is 1. The van der Waals surface area contributed by atoms with Crippen molar-refractivity contribution >= 4 is 33.7 Å². The van der Waals surface area contributed by atoms with Crippen LogP contribution in [0.5, 0.6) is 5.75 Å². The second-order valence-corrected chi connectivity index (χ2v) is 7.51. The van der Waals surface area contributed by atoms with Crippen LogP contribution in [0.4, 0.5) is 5.69 Å². The molecular formula is C23H22BrN3O2. The normalized spacial score (nSPS) is 10.7. The van der Waals surface area contributed by atoms with E-state index in [0.29, 0.717) is 17.9 Å². The number of hydrogen-bond donors (Lipinski definition) is 1. The van der Waals surface area contributed by atoms with Crippen LogP contribution in [0, 0.1) is 0 Å². The molecule has 3 aromatic carbocycles. The van der Waals surface area contributed by atoms with E-state index in [-0.39, 0.29) is 5.91 Å². The first-order valence-corrected chi connectivity index (χ1v) is 9.89. The van der Waals surface area contributed by atoms with Crippen LogP contribution in [0.1, 0.15) is 21.5 Å². The number of nitrogens with zero attached hydrogens (tertiary/aromatic N) is 2. The maximum absolute atomic E-state index is 12.5. The molecule has 148 valence electrons. The van der Waals surface area contributed by atoms with Gasteiger partial charge in [-0.25, -0.2) is 5.43 Å². The molecule has 0 unspecified atom stereocenters. The van der Waals surface area contributed by atoms with Crippen LogP contribution in [-0.2, 0) is 6.61 Å². The second kappa shape index (κ2) is 9.89. The summed E-state index contributed by atoms with van der Waals surface area (Å²) in [5, 5.41) is 4.06. The van der Waals surface area contributed by atoms with E-state index in [1.807, 2.05) is 73.6 Å². The number of carbonyl (C=O) groups is 1. The first-order valence-electron chi connectivity index (χ1n) is 9.10. The van der Waals surface area contributed by atoms with Gasteiger partial charge in [-0.1, -0.05) is 52.3 Å². The third-order valence-electron chi connectivity index (χ3n) is 4.23. The van der Waals surface area contributed by atoms with E-state index in [1.54, 1.807) is 24.4 Å². The molecule has 0 aliphatic rings. The lowest BCUT2D eigenvalue weighted by atomic mass is 10.2. The fourth-order valence-electron chi connectivity index (χ4n) is 2.61. The summed E-state index contributed by atoms with van der Waals surface area (Å²) in [6, 6.07) is 22.9. The molecule has 0 bridgehead atoms. The zero-order chi connectivity index (χ0) is 20.6. The van der Waals surface area contributed by atoms with Gasteiger partial charge in [0.2, 0.25) is 0 Å². The Labute approximate surface area is 179 Å². The molecule has 0 aromatic heterocycles. The SMILES string of the molecule is CN(C)c1ccc(C=NNC(=O)c2ccccc2OCc2ccc(Br)cc2)cc1. The number of carbonyl (C=O) groups excluding carboxylic acids is 1. The van der Waals surface area contributed by atoms with Gasteiger partial charge in [0.1, 0.15) is 12.4 Å². The number of nitrogens with one attached hydrogen (secondary N) is 1. The van der Waals surface area contributed by atoms with Crippen molar-refractivity contribution in [2.75, 3.05) is 19.0 Å². The van der Waals surface area contributed by atoms with Crippen molar-refractivity contribution in [3.05, 3.63) is 94.0 Å². The Morgan fingerprint density at radius 2 is 1.72 bits per heavy atom. The lowest BCUT2D eigenvalue weighted by Gasteiger charge is -2.11. The lowest BCUT2D eigenvalue weighted by Crippen LogP contribution is -2.18. The van der Waals surface area contributed by atoms with Crippen molar-refractivity contribution < 1.29 is 9.53 Å². The fraction of sp³-hybridized carbons (Fsp3) is 0.130. The maximum Gasteiger partial charge on any atom is 0.275 e. The molecule has 6 heteroatoms. The Hall–Kier alpha value is -3.12. The average Bonchev–Trinajstić information content (AvgIpc) is 2.74. The molecular weight excluding hydrogens is 430 g/mol. The smallest absolute Gasteiger partial charge is 0.275 e. The zero-order valence-corrected chi connectivity index (χ0v) is 17.9. The van der Waals surface area contributed by atoms with Crippen molar-refractivity contribution in [1.82, 2.24) is 5.43 Å². The molecule has 0 heterocycles. The maximum atomic E-state index is 12.5. The zero-order valence-electron chi connectivity index (χ0n) is 16.3. The van der Waals surface area contributed by atoms with Crippen LogP contribution in [-0.4, -0.2) is 26.2 Å². The summed E-state index contributed by atoms with van der Waals surface area (Å²) in [7, 11) is 3.97. The van der Waals surface area contributed by atoms with Gasteiger partial charge in [0.25, 0.3) is 5.91 Å². The Morgan fingerprint density at radius 1 is 1.03 bits per heavy atom. The summed E-state index contributed by atoms with van der Waals surface area (Å²) in [5.41, 5.74) is 6.01. The van der Waals surface area contributed by atoms with Gasteiger partial charge in [-0.05, 0) is 47.5 Å². The van der Waals surface area contributed by atoms with Crippen LogP contribution in [0.15, 0.2) is 82.4 Å². The van der Waals surface area contributed by atoms with E-state index in [0.717, 1.165) is 21.3 Å². The van der Waals surface area contributed by atoms with Crippen LogP contribution in [0.3, 0.4) is 0 Å². The van der Waals surface area contributed by atoms with Crippen molar-refractivity contribution in [1.29, 1.82) is 0 Å².